The second kappa shape index (κ2) is 5.73. The monoisotopic (exact) mass is 265 g/mol. The van der Waals surface area contributed by atoms with Crippen LogP contribution in [0, 0.1) is 5.41 Å². The van der Waals surface area contributed by atoms with Crippen LogP contribution in [0.5, 0.6) is 5.75 Å². The summed E-state index contributed by atoms with van der Waals surface area (Å²) in [5, 5.41) is 8.99. The summed E-state index contributed by atoms with van der Waals surface area (Å²) < 4.78 is 5.18. The van der Waals surface area contributed by atoms with Crippen molar-refractivity contribution in [1.82, 2.24) is 0 Å². The number of methoxy groups -OCH3 is 1. The minimum atomic E-state index is -1.07. The Bertz CT molecular complexity index is 477. The molecule has 1 amide bonds. The second-order valence-corrected chi connectivity index (χ2v) is 5.21. The van der Waals surface area contributed by atoms with Crippen LogP contribution in [0.25, 0.3) is 0 Å². The molecular weight excluding hydrogens is 246 g/mol. The Hall–Kier alpha value is -2.04. The largest absolute Gasteiger partial charge is 0.495 e. The number of para-hydroxylation sites is 2. The predicted molar refractivity (Wildman–Crippen MR) is 72.4 cm³/mol. The standard InChI is InChI=1S/C14H19NO4/c1-14(2,3)13(18)15(9-12(16)17)10-7-5-6-8-11(10)19-4/h5-8H,9H2,1-4H3,(H,16,17). The first kappa shape index (κ1) is 15.0. The number of amides is 1. The summed E-state index contributed by atoms with van der Waals surface area (Å²) >= 11 is 0. The molecule has 1 aromatic rings. The molecule has 0 saturated carbocycles. The highest BCUT2D eigenvalue weighted by Crippen LogP contribution is 2.30. The first-order valence-corrected chi connectivity index (χ1v) is 5.94. The van der Waals surface area contributed by atoms with Gasteiger partial charge in [0.25, 0.3) is 0 Å². The van der Waals surface area contributed by atoms with E-state index in [-0.39, 0.29) is 5.91 Å². The smallest absolute Gasteiger partial charge is 0.323 e. The number of carboxylic acids is 1. The fraction of sp³-hybridized carbons (Fsp3) is 0.429. The van der Waals surface area contributed by atoms with E-state index in [9.17, 15) is 9.59 Å². The van der Waals surface area contributed by atoms with Crippen molar-refractivity contribution in [1.29, 1.82) is 0 Å². The predicted octanol–water partition coefficient (Wildman–Crippen LogP) is 2.16. The van der Waals surface area contributed by atoms with Crippen LogP contribution in [0.4, 0.5) is 5.69 Å². The van der Waals surface area contributed by atoms with Gasteiger partial charge in [-0.05, 0) is 12.1 Å². The second-order valence-electron chi connectivity index (χ2n) is 5.21. The molecule has 5 nitrogen and oxygen atoms in total. The van der Waals surface area contributed by atoms with E-state index in [1.54, 1.807) is 45.0 Å². The fourth-order valence-electron chi connectivity index (χ4n) is 1.66. The van der Waals surface area contributed by atoms with Crippen molar-refractivity contribution in [2.45, 2.75) is 20.8 Å². The van der Waals surface area contributed by atoms with Crippen molar-refractivity contribution in [2.24, 2.45) is 5.41 Å². The van der Waals surface area contributed by atoms with Crippen LogP contribution in [0.1, 0.15) is 20.8 Å². The van der Waals surface area contributed by atoms with Gasteiger partial charge in [-0.1, -0.05) is 32.9 Å². The number of rotatable bonds is 4. The van der Waals surface area contributed by atoms with E-state index in [1.165, 1.54) is 12.0 Å². The molecule has 0 fully saturated rings. The molecular formula is C14H19NO4. The summed E-state index contributed by atoms with van der Waals surface area (Å²) in [6.07, 6.45) is 0. The molecule has 0 radical (unpaired) electrons. The van der Waals surface area contributed by atoms with Crippen molar-refractivity contribution in [2.75, 3.05) is 18.6 Å². The van der Waals surface area contributed by atoms with Gasteiger partial charge in [0, 0.05) is 5.41 Å². The maximum absolute atomic E-state index is 12.4. The molecule has 1 aromatic carbocycles. The minimum Gasteiger partial charge on any atom is -0.495 e. The highest BCUT2D eigenvalue weighted by molar-refractivity contribution is 6.01. The van der Waals surface area contributed by atoms with E-state index in [0.29, 0.717) is 11.4 Å². The molecule has 5 heteroatoms. The van der Waals surface area contributed by atoms with E-state index in [2.05, 4.69) is 0 Å². The Labute approximate surface area is 112 Å². The van der Waals surface area contributed by atoms with Crippen LogP contribution in [0.3, 0.4) is 0 Å². The number of carbonyl (C=O) groups is 2. The summed E-state index contributed by atoms with van der Waals surface area (Å²) in [6, 6.07) is 6.87. The zero-order chi connectivity index (χ0) is 14.6. The molecule has 0 heterocycles. The lowest BCUT2D eigenvalue weighted by molar-refractivity contribution is -0.137. The van der Waals surface area contributed by atoms with Gasteiger partial charge in [0.2, 0.25) is 5.91 Å². The molecule has 0 atom stereocenters. The summed E-state index contributed by atoms with van der Waals surface area (Å²) in [6.45, 7) is 4.86. The number of ether oxygens (including phenoxy) is 1. The summed E-state index contributed by atoms with van der Waals surface area (Å²) in [5.41, 5.74) is -0.205. The van der Waals surface area contributed by atoms with Crippen molar-refractivity contribution in [3.63, 3.8) is 0 Å². The molecule has 0 saturated heterocycles. The Kier molecular flexibility index (Phi) is 4.53. The van der Waals surface area contributed by atoms with Crippen LogP contribution in [0.2, 0.25) is 0 Å². The van der Waals surface area contributed by atoms with Gasteiger partial charge in [-0.25, -0.2) is 0 Å². The van der Waals surface area contributed by atoms with Crippen molar-refractivity contribution in [3.05, 3.63) is 24.3 Å². The number of aliphatic carboxylic acids is 1. The molecule has 19 heavy (non-hydrogen) atoms. The van der Waals surface area contributed by atoms with Crippen LogP contribution in [0.15, 0.2) is 24.3 Å². The average molecular weight is 265 g/mol. The topological polar surface area (TPSA) is 66.8 Å². The van der Waals surface area contributed by atoms with E-state index < -0.39 is 17.9 Å². The lowest BCUT2D eigenvalue weighted by Gasteiger charge is -2.29. The third kappa shape index (κ3) is 3.71. The molecule has 0 aliphatic heterocycles. The van der Waals surface area contributed by atoms with E-state index in [4.69, 9.17) is 9.84 Å². The Morgan fingerprint density at radius 2 is 1.84 bits per heavy atom. The Morgan fingerprint density at radius 3 is 2.32 bits per heavy atom. The summed E-state index contributed by atoms with van der Waals surface area (Å²) in [4.78, 5) is 24.6. The van der Waals surface area contributed by atoms with E-state index in [1.807, 2.05) is 0 Å². The van der Waals surface area contributed by atoms with Crippen LogP contribution in [-0.4, -0.2) is 30.6 Å². The van der Waals surface area contributed by atoms with Gasteiger partial charge in [0.05, 0.1) is 12.8 Å². The van der Waals surface area contributed by atoms with Gasteiger partial charge in [0.1, 0.15) is 12.3 Å². The molecule has 104 valence electrons. The van der Waals surface area contributed by atoms with Crippen LogP contribution >= 0.6 is 0 Å². The lowest BCUT2D eigenvalue weighted by atomic mass is 9.94. The van der Waals surface area contributed by atoms with E-state index in [0.717, 1.165) is 0 Å². The molecule has 0 bridgehead atoms. The highest BCUT2D eigenvalue weighted by atomic mass is 16.5. The third-order valence-corrected chi connectivity index (χ3v) is 2.56. The molecule has 0 aliphatic carbocycles. The van der Waals surface area contributed by atoms with Crippen LogP contribution in [-0.2, 0) is 9.59 Å². The van der Waals surface area contributed by atoms with Gasteiger partial charge in [-0.15, -0.1) is 0 Å². The Balaban J connectivity index is 3.24. The number of hydrogen-bond acceptors (Lipinski definition) is 3. The van der Waals surface area contributed by atoms with E-state index >= 15 is 0 Å². The summed E-state index contributed by atoms with van der Waals surface area (Å²) in [5.74, 6) is -0.857. The molecule has 0 spiro atoms. The highest BCUT2D eigenvalue weighted by Gasteiger charge is 2.31. The van der Waals surface area contributed by atoms with Gasteiger partial charge < -0.3 is 9.84 Å². The van der Waals surface area contributed by atoms with Crippen LogP contribution < -0.4 is 9.64 Å². The normalized spacial score (nSPS) is 10.9. The Morgan fingerprint density at radius 1 is 1.26 bits per heavy atom. The van der Waals surface area contributed by atoms with Gasteiger partial charge >= 0.3 is 5.97 Å². The zero-order valence-electron chi connectivity index (χ0n) is 11.6. The molecule has 0 aliphatic rings. The maximum atomic E-state index is 12.4. The minimum absolute atomic E-state index is 0.264. The summed E-state index contributed by atoms with van der Waals surface area (Å²) in [7, 11) is 1.49. The molecule has 0 unspecified atom stereocenters. The number of nitrogens with zero attached hydrogens (tertiary/aromatic N) is 1. The number of carboxylic acid groups (broad SMARTS) is 1. The molecule has 0 aromatic heterocycles. The number of anilines is 1. The zero-order valence-corrected chi connectivity index (χ0v) is 11.6. The van der Waals surface area contributed by atoms with Crippen molar-refractivity contribution < 1.29 is 19.4 Å². The third-order valence-electron chi connectivity index (χ3n) is 2.56. The lowest BCUT2D eigenvalue weighted by Crippen LogP contribution is -2.42. The maximum Gasteiger partial charge on any atom is 0.323 e. The molecule has 1 rings (SSSR count). The molecule has 1 N–H and O–H groups in total. The van der Waals surface area contributed by atoms with Crippen molar-refractivity contribution in [3.8, 4) is 5.75 Å². The first-order chi connectivity index (χ1) is 8.77. The number of hydrogen-bond donors (Lipinski definition) is 1. The fourth-order valence-corrected chi connectivity index (χ4v) is 1.66. The quantitative estimate of drug-likeness (QED) is 0.906. The SMILES string of the molecule is COc1ccccc1N(CC(=O)O)C(=O)C(C)(C)C. The van der Waals surface area contributed by atoms with Gasteiger partial charge in [-0.3, -0.25) is 14.5 Å². The van der Waals surface area contributed by atoms with Crippen molar-refractivity contribution >= 4 is 17.6 Å². The van der Waals surface area contributed by atoms with Gasteiger partial charge in [-0.2, -0.15) is 0 Å². The first-order valence-electron chi connectivity index (χ1n) is 5.94. The van der Waals surface area contributed by atoms with Gasteiger partial charge in [0.15, 0.2) is 0 Å². The average Bonchev–Trinajstić information content (AvgIpc) is 2.33. The number of carbonyl (C=O) groups excluding carboxylic acids is 1. The number of benzene rings is 1.